The molecule has 4 N–H and O–H groups in total. The summed E-state index contributed by atoms with van der Waals surface area (Å²) < 4.78 is 0. The lowest BCUT2D eigenvalue weighted by Crippen LogP contribution is -2.11. The Morgan fingerprint density at radius 1 is 0.362 bits per heavy atom. The molecule has 224 valence electrons. The van der Waals surface area contributed by atoms with Gasteiger partial charge in [0.1, 0.15) is 0 Å². The molecule has 0 atom stereocenters. The minimum absolute atomic E-state index is 0.753. The maximum Gasteiger partial charge on any atom is 0.0540 e. The summed E-state index contributed by atoms with van der Waals surface area (Å²) >= 11 is 0. The van der Waals surface area contributed by atoms with E-state index in [1.54, 1.807) is 0 Å². The molecule has 0 unspecified atom stereocenters. The van der Waals surface area contributed by atoms with Crippen LogP contribution in [0.25, 0.3) is 54.9 Å². The SMILES string of the molecule is Nc1ccc(-c2ccc(N)c(-c3ccc(-c4ccc(N(c5cccc6ccccc56)c5cccc6ccccc56)cc4)cc3)c2)cc1. The van der Waals surface area contributed by atoms with Crippen LogP contribution in [0.3, 0.4) is 0 Å². The number of hydrogen-bond acceptors (Lipinski definition) is 3. The summed E-state index contributed by atoms with van der Waals surface area (Å²) in [6.45, 7) is 0. The summed E-state index contributed by atoms with van der Waals surface area (Å²) in [5, 5.41) is 4.85. The van der Waals surface area contributed by atoms with Crippen molar-refractivity contribution in [3.63, 3.8) is 0 Å². The molecule has 0 aliphatic rings. The average molecular weight is 604 g/mol. The molecular formula is C44H33N3. The molecule has 0 bridgehead atoms. The van der Waals surface area contributed by atoms with Crippen LogP contribution in [-0.4, -0.2) is 0 Å². The van der Waals surface area contributed by atoms with E-state index < -0.39 is 0 Å². The van der Waals surface area contributed by atoms with Gasteiger partial charge in [0, 0.05) is 33.4 Å². The Balaban J connectivity index is 1.16. The van der Waals surface area contributed by atoms with Crippen molar-refractivity contribution in [1.29, 1.82) is 0 Å². The molecule has 0 saturated carbocycles. The quantitative estimate of drug-likeness (QED) is 0.186. The van der Waals surface area contributed by atoms with Gasteiger partial charge in [-0.3, -0.25) is 0 Å². The van der Waals surface area contributed by atoms with E-state index in [0.717, 1.165) is 61.8 Å². The van der Waals surface area contributed by atoms with Gasteiger partial charge in [0.15, 0.2) is 0 Å². The van der Waals surface area contributed by atoms with E-state index in [9.17, 15) is 0 Å². The molecule has 0 aliphatic carbocycles. The first kappa shape index (κ1) is 28.2. The van der Waals surface area contributed by atoms with Crippen molar-refractivity contribution in [2.45, 2.75) is 0 Å². The zero-order chi connectivity index (χ0) is 31.7. The van der Waals surface area contributed by atoms with E-state index in [4.69, 9.17) is 11.5 Å². The summed E-state index contributed by atoms with van der Waals surface area (Å²) in [6, 6.07) is 61.9. The summed E-state index contributed by atoms with van der Waals surface area (Å²) in [5.41, 5.74) is 23.9. The maximum atomic E-state index is 6.46. The lowest BCUT2D eigenvalue weighted by molar-refractivity contribution is 1.31. The van der Waals surface area contributed by atoms with Crippen molar-refractivity contribution in [2.24, 2.45) is 0 Å². The van der Waals surface area contributed by atoms with E-state index in [2.05, 4.69) is 150 Å². The third-order valence-corrected chi connectivity index (χ3v) is 8.97. The molecule has 0 saturated heterocycles. The predicted octanol–water partition coefficient (Wildman–Crippen LogP) is 11.6. The Hall–Kier alpha value is -6.32. The monoisotopic (exact) mass is 603 g/mol. The van der Waals surface area contributed by atoms with Crippen LogP contribution in [0.4, 0.5) is 28.4 Å². The highest BCUT2D eigenvalue weighted by Crippen LogP contribution is 2.42. The van der Waals surface area contributed by atoms with Gasteiger partial charge in [-0.15, -0.1) is 0 Å². The fourth-order valence-electron chi connectivity index (χ4n) is 6.52. The summed E-state index contributed by atoms with van der Waals surface area (Å²) in [4.78, 5) is 2.38. The molecule has 0 radical (unpaired) electrons. The molecule has 3 nitrogen and oxygen atoms in total. The number of fused-ring (bicyclic) bond motifs is 2. The minimum Gasteiger partial charge on any atom is -0.399 e. The molecule has 8 aromatic carbocycles. The molecule has 0 amide bonds. The molecular weight excluding hydrogens is 571 g/mol. The Morgan fingerprint density at radius 3 is 1.40 bits per heavy atom. The molecule has 0 fully saturated rings. The first-order chi connectivity index (χ1) is 23.1. The van der Waals surface area contributed by atoms with Crippen molar-refractivity contribution in [1.82, 2.24) is 0 Å². The highest BCUT2D eigenvalue weighted by molar-refractivity contribution is 6.04. The Labute approximate surface area is 275 Å². The van der Waals surface area contributed by atoms with Crippen molar-refractivity contribution in [3.05, 3.63) is 176 Å². The number of anilines is 5. The van der Waals surface area contributed by atoms with E-state index >= 15 is 0 Å². The second-order valence-corrected chi connectivity index (χ2v) is 11.9. The van der Waals surface area contributed by atoms with Crippen LogP contribution < -0.4 is 16.4 Å². The second-order valence-electron chi connectivity index (χ2n) is 11.9. The second kappa shape index (κ2) is 11.9. The van der Waals surface area contributed by atoms with E-state index in [-0.39, 0.29) is 0 Å². The zero-order valence-electron chi connectivity index (χ0n) is 25.8. The number of benzene rings is 8. The molecule has 0 spiro atoms. The first-order valence-corrected chi connectivity index (χ1v) is 15.8. The summed E-state index contributed by atoms with van der Waals surface area (Å²) in [5.74, 6) is 0. The Bertz CT molecular complexity index is 2270. The van der Waals surface area contributed by atoms with Crippen LogP contribution in [0.1, 0.15) is 0 Å². The third-order valence-electron chi connectivity index (χ3n) is 8.97. The number of nitrogens with zero attached hydrogens (tertiary/aromatic N) is 1. The predicted molar refractivity (Wildman–Crippen MR) is 201 cm³/mol. The minimum atomic E-state index is 0.753. The van der Waals surface area contributed by atoms with Crippen molar-refractivity contribution in [3.8, 4) is 33.4 Å². The van der Waals surface area contributed by atoms with Gasteiger partial charge in [0.2, 0.25) is 0 Å². The number of nitrogen functional groups attached to an aromatic ring is 2. The van der Waals surface area contributed by atoms with E-state index in [0.29, 0.717) is 0 Å². The van der Waals surface area contributed by atoms with Gasteiger partial charge < -0.3 is 16.4 Å². The molecule has 0 heterocycles. The molecule has 47 heavy (non-hydrogen) atoms. The van der Waals surface area contributed by atoms with Crippen molar-refractivity contribution < 1.29 is 0 Å². The van der Waals surface area contributed by atoms with Gasteiger partial charge in [-0.1, -0.05) is 127 Å². The van der Waals surface area contributed by atoms with Gasteiger partial charge >= 0.3 is 0 Å². The number of hydrogen-bond donors (Lipinski definition) is 2. The van der Waals surface area contributed by atoms with Crippen LogP contribution in [-0.2, 0) is 0 Å². The highest BCUT2D eigenvalue weighted by Gasteiger charge is 2.17. The molecule has 0 aromatic heterocycles. The van der Waals surface area contributed by atoms with Crippen LogP contribution in [0.5, 0.6) is 0 Å². The fourth-order valence-corrected chi connectivity index (χ4v) is 6.52. The van der Waals surface area contributed by atoms with Crippen LogP contribution in [0, 0.1) is 0 Å². The first-order valence-electron chi connectivity index (χ1n) is 15.8. The van der Waals surface area contributed by atoms with Gasteiger partial charge in [-0.25, -0.2) is 0 Å². The van der Waals surface area contributed by atoms with E-state index in [1.807, 2.05) is 30.3 Å². The van der Waals surface area contributed by atoms with Crippen LogP contribution in [0.15, 0.2) is 176 Å². The van der Waals surface area contributed by atoms with E-state index in [1.165, 1.54) is 21.5 Å². The van der Waals surface area contributed by atoms with Crippen molar-refractivity contribution >= 4 is 50.0 Å². The molecule has 8 rings (SSSR count). The van der Waals surface area contributed by atoms with Gasteiger partial charge in [0.25, 0.3) is 0 Å². The summed E-state index contributed by atoms with van der Waals surface area (Å²) in [6.07, 6.45) is 0. The lowest BCUT2D eigenvalue weighted by Gasteiger charge is -2.28. The Kier molecular flexibility index (Phi) is 7.12. The molecule has 0 aliphatic heterocycles. The van der Waals surface area contributed by atoms with Crippen molar-refractivity contribution in [2.75, 3.05) is 16.4 Å². The largest absolute Gasteiger partial charge is 0.399 e. The normalized spacial score (nSPS) is 11.1. The number of rotatable bonds is 6. The summed E-state index contributed by atoms with van der Waals surface area (Å²) in [7, 11) is 0. The number of nitrogens with two attached hydrogens (primary N) is 2. The lowest BCUT2D eigenvalue weighted by atomic mass is 9.95. The maximum absolute atomic E-state index is 6.46. The Morgan fingerprint density at radius 2 is 0.809 bits per heavy atom. The van der Waals surface area contributed by atoms with Gasteiger partial charge in [-0.05, 0) is 87.1 Å². The van der Waals surface area contributed by atoms with Gasteiger partial charge in [0.05, 0.1) is 11.4 Å². The topological polar surface area (TPSA) is 55.3 Å². The fraction of sp³-hybridized carbons (Fsp3) is 0. The zero-order valence-corrected chi connectivity index (χ0v) is 25.8. The highest BCUT2D eigenvalue weighted by atomic mass is 15.1. The smallest absolute Gasteiger partial charge is 0.0540 e. The van der Waals surface area contributed by atoms with Crippen LogP contribution >= 0.6 is 0 Å². The standard InChI is InChI=1S/C44H33N3/c45-37-24-19-32(20-25-37)36-23-28-42(46)41(29-36)35-17-15-30(16-18-35)31-21-26-38(27-22-31)47(43-13-5-9-33-7-1-3-11-39(33)43)44-14-6-10-34-8-2-4-12-40(34)44/h1-29H,45-46H2. The molecule has 3 heteroatoms. The third kappa shape index (κ3) is 5.34. The van der Waals surface area contributed by atoms with Gasteiger partial charge in [-0.2, -0.15) is 0 Å². The molecule has 8 aromatic rings. The van der Waals surface area contributed by atoms with Crippen LogP contribution in [0.2, 0.25) is 0 Å². The average Bonchev–Trinajstić information content (AvgIpc) is 3.13.